The van der Waals surface area contributed by atoms with Gasteiger partial charge in [-0.3, -0.25) is 4.79 Å². The van der Waals surface area contributed by atoms with Gasteiger partial charge in [0.15, 0.2) is 0 Å². The van der Waals surface area contributed by atoms with Crippen LogP contribution in [0.25, 0.3) is 0 Å². The molecule has 0 aromatic heterocycles. The Morgan fingerprint density at radius 3 is 2.71 bits per heavy atom. The van der Waals surface area contributed by atoms with Gasteiger partial charge in [0.25, 0.3) is 0 Å². The first-order valence-corrected chi connectivity index (χ1v) is 6.22. The molecule has 0 spiro atoms. The summed E-state index contributed by atoms with van der Waals surface area (Å²) in [6.45, 7) is 2.33. The van der Waals surface area contributed by atoms with Gasteiger partial charge in [0.2, 0.25) is 0 Å². The standard InChI is InChI=1S/C14H19NO2/c1-2-17-14(16)12-4-3-11(9-12)10-5-7-13(15)8-6-10/h5-8,11-12H,2-4,9,15H2,1H3/t11-,12-/m1/s1. The summed E-state index contributed by atoms with van der Waals surface area (Å²) >= 11 is 0. The molecule has 1 saturated carbocycles. The van der Waals surface area contributed by atoms with Crippen molar-refractivity contribution >= 4 is 11.7 Å². The van der Waals surface area contributed by atoms with E-state index in [-0.39, 0.29) is 11.9 Å². The van der Waals surface area contributed by atoms with Gasteiger partial charge in [0, 0.05) is 5.69 Å². The highest BCUT2D eigenvalue weighted by atomic mass is 16.5. The fourth-order valence-electron chi connectivity index (χ4n) is 2.53. The first kappa shape index (κ1) is 12.0. The Morgan fingerprint density at radius 1 is 1.35 bits per heavy atom. The van der Waals surface area contributed by atoms with Crippen molar-refractivity contribution in [3.63, 3.8) is 0 Å². The van der Waals surface area contributed by atoms with Crippen LogP contribution in [-0.2, 0) is 9.53 Å². The minimum absolute atomic E-state index is 0.0366. The number of ether oxygens (including phenoxy) is 1. The van der Waals surface area contributed by atoms with Crippen LogP contribution < -0.4 is 5.73 Å². The van der Waals surface area contributed by atoms with E-state index in [1.807, 2.05) is 19.1 Å². The maximum Gasteiger partial charge on any atom is 0.308 e. The second-order valence-electron chi connectivity index (χ2n) is 4.63. The van der Waals surface area contributed by atoms with E-state index in [1.54, 1.807) is 0 Å². The molecule has 3 heteroatoms. The summed E-state index contributed by atoms with van der Waals surface area (Å²) in [5.74, 6) is 0.521. The van der Waals surface area contributed by atoms with E-state index in [2.05, 4.69) is 12.1 Å². The number of nitrogen functional groups attached to an aromatic ring is 1. The van der Waals surface area contributed by atoms with Crippen molar-refractivity contribution in [2.24, 2.45) is 5.92 Å². The highest BCUT2D eigenvalue weighted by Gasteiger charge is 2.31. The molecule has 0 heterocycles. The minimum Gasteiger partial charge on any atom is -0.466 e. The third-order valence-corrected chi connectivity index (χ3v) is 3.46. The zero-order chi connectivity index (χ0) is 12.3. The topological polar surface area (TPSA) is 52.3 Å². The summed E-state index contributed by atoms with van der Waals surface area (Å²) in [5, 5.41) is 0. The van der Waals surface area contributed by atoms with Crippen LogP contribution in [0.15, 0.2) is 24.3 Å². The van der Waals surface area contributed by atoms with Crippen LogP contribution in [0.2, 0.25) is 0 Å². The van der Waals surface area contributed by atoms with Crippen LogP contribution in [0, 0.1) is 5.92 Å². The monoisotopic (exact) mass is 233 g/mol. The van der Waals surface area contributed by atoms with Crippen molar-refractivity contribution in [2.45, 2.75) is 32.1 Å². The first-order valence-electron chi connectivity index (χ1n) is 6.22. The molecule has 1 aliphatic carbocycles. The van der Waals surface area contributed by atoms with E-state index in [9.17, 15) is 4.79 Å². The van der Waals surface area contributed by atoms with E-state index in [0.717, 1.165) is 24.9 Å². The SMILES string of the molecule is CCOC(=O)[C@@H]1CC[C@@H](c2ccc(N)cc2)C1. The maximum absolute atomic E-state index is 11.6. The van der Waals surface area contributed by atoms with Gasteiger partial charge >= 0.3 is 5.97 Å². The lowest BCUT2D eigenvalue weighted by Crippen LogP contribution is -2.14. The molecule has 1 fully saturated rings. The third kappa shape index (κ3) is 2.78. The highest BCUT2D eigenvalue weighted by molar-refractivity contribution is 5.73. The summed E-state index contributed by atoms with van der Waals surface area (Å²) in [6.07, 6.45) is 2.91. The van der Waals surface area contributed by atoms with Gasteiger partial charge in [-0.1, -0.05) is 12.1 Å². The van der Waals surface area contributed by atoms with Crippen LogP contribution in [0.3, 0.4) is 0 Å². The van der Waals surface area contributed by atoms with Gasteiger partial charge in [-0.25, -0.2) is 0 Å². The van der Waals surface area contributed by atoms with Gasteiger partial charge in [0.05, 0.1) is 12.5 Å². The summed E-state index contributed by atoms with van der Waals surface area (Å²) < 4.78 is 5.07. The molecule has 92 valence electrons. The van der Waals surface area contributed by atoms with Gasteiger partial charge in [0.1, 0.15) is 0 Å². The molecule has 1 aliphatic rings. The van der Waals surface area contributed by atoms with E-state index in [1.165, 1.54) is 5.56 Å². The zero-order valence-electron chi connectivity index (χ0n) is 10.2. The molecule has 0 amide bonds. The van der Waals surface area contributed by atoms with Crippen molar-refractivity contribution in [3.8, 4) is 0 Å². The molecular formula is C14H19NO2. The van der Waals surface area contributed by atoms with Crippen molar-refractivity contribution in [2.75, 3.05) is 12.3 Å². The third-order valence-electron chi connectivity index (χ3n) is 3.46. The van der Waals surface area contributed by atoms with E-state index in [4.69, 9.17) is 10.5 Å². The lowest BCUT2D eigenvalue weighted by Gasteiger charge is -2.11. The summed E-state index contributed by atoms with van der Waals surface area (Å²) in [6, 6.07) is 7.97. The number of nitrogens with two attached hydrogens (primary N) is 1. The van der Waals surface area contributed by atoms with Crippen molar-refractivity contribution < 1.29 is 9.53 Å². The molecule has 0 radical (unpaired) electrons. The molecule has 0 aliphatic heterocycles. The Bertz CT molecular complexity index is 386. The predicted molar refractivity (Wildman–Crippen MR) is 67.6 cm³/mol. The van der Waals surface area contributed by atoms with Crippen LogP contribution in [0.1, 0.15) is 37.7 Å². The lowest BCUT2D eigenvalue weighted by molar-refractivity contribution is -0.147. The fraction of sp³-hybridized carbons (Fsp3) is 0.500. The number of carbonyl (C=O) groups excluding carboxylic acids is 1. The van der Waals surface area contributed by atoms with Crippen LogP contribution in [0.5, 0.6) is 0 Å². The molecular weight excluding hydrogens is 214 g/mol. The molecule has 3 nitrogen and oxygen atoms in total. The van der Waals surface area contributed by atoms with Crippen molar-refractivity contribution in [1.82, 2.24) is 0 Å². The Morgan fingerprint density at radius 2 is 2.06 bits per heavy atom. The molecule has 2 rings (SSSR count). The molecule has 2 atom stereocenters. The average Bonchev–Trinajstić information content (AvgIpc) is 2.80. The van der Waals surface area contributed by atoms with Crippen LogP contribution >= 0.6 is 0 Å². The van der Waals surface area contributed by atoms with E-state index in [0.29, 0.717) is 12.5 Å². The smallest absolute Gasteiger partial charge is 0.308 e. The first-order chi connectivity index (χ1) is 8.20. The summed E-state index contributed by atoms with van der Waals surface area (Å²) in [7, 11) is 0. The Labute approximate surface area is 102 Å². The second-order valence-corrected chi connectivity index (χ2v) is 4.63. The number of hydrogen-bond donors (Lipinski definition) is 1. The van der Waals surface area contributed by atoms with Gasteiger partial charge in [-0.15, -0.1) is 0 Å². The lowest BCUT2D eigenvalue weighted by atomic mass is 9.96. The molecule has 0 saturated heterocycles. The van der Waals surface area contributed by atoms with Gasteiger partial charge in [-0.05, 0) is 49.8 Å². The van der Waals surface area contributed by atoms with E-state index >= 15 is 0 Å². The number of anilines is 1. The Kier molecular flexibility index (Phi) is 3.67. The zero-order valence-corrected chi connectivity index (χ0v) is 10.2. The number of rotatable bonds is 3. The number of benzene rings is 1. The average molecular weight is 233 g/mol. The molecule has 0 unspecified atom stereocenters. The normalized spacial score (nSPS) is 23.6. The number of carbonyl (C=O) groups is 1. The van der Waals surface area contributed by atoms with Gasteiger partial charge < -0.3 is 10.5 Å². The van der Waals surface area contributed by atoms with Crippen LogP contribution in [0.4, 0.5) is 5.69 Å². The quantitative estimate of drug-likeness (QED) is 0.645. The number of hydrogen-bond acceptors (Lipinski definition) is 3. The highest BCUT2D eigenvalue weighted by Crippen LogP contribution is 2.38. The second kappa shape index (κ2) is 5.21. The molecule has 2 N–H and O–H groups in total. The molecule has 1 aromatic rings. The molecule has 0 bridgehead atoms. The van der Waals surface area contributed by atoms with Crippen molar-refractivity contribution in [3.05, 3.63) is 29.8 Å². The predicted octanol–water partition coefficient (Wildman–Crippen LogP) is 2.72. The van der Waals surface area contributed by atoms with Gasteiger partial charge in [-0.2, -0.15) is 0 Å². The summed E-state index contributed by atoms with van der Waals surface area (Å²) in [4.78, 5) is 11.6. The van der Waals surface area contributed by atoms with Crippen molar-refractivity contribution in [1.29, 1.82) is 0 Å². The largest absolute Gasteiger partial charge is 0.466 e. The molecule has 1 aromatic carbocycles. The minimum atomic E-state index is -0.0366. The van der Waals surface area contributed by atoms with Crippen LogP contribution in [-0.4, -0.2) is 12.6 Å². The Hall–Kier alpha value is -1.51. The van der Waals surface area contributed by atoms with E-state index < -0.39 is 0 Å². The molecule has 17 heavy (non-hydrogen) atoms. The Balaban J connectivity index is 1.98. The maximum atomic E-state index is 11.6. The number of esters is 1. The summed E-state index contributed by atoms with van der Waals surface area (Å²) in [5.41, 5.74) is 7.74. The fourth-order valence-corrected chi connectivity index (χ4v) is 2.53.